The fourth-order valence-electron chi connectivity index (χ4n) is 2.66. The molecule has 1 fully saturated rings. The summed E-state index contributed by atoms with van der Waals surface area (Å²) in [5, 5.41) is 3.70. The highest BCUT2D eigenvalue weighted by atomic mass is 35.5. The van der Waals surface area contributed by atoms with Gasteiger partial charge in [-0.05, 0) is 63.8 Å². The van der Waals surface area contributed by atoms with E-state index in [1.165, 1.54) is 0 Å². The standard InChI is InChI=1S/C17H24ClNO3/c1-10-8-14(9-11(2)16(10)18)22-13(4)17(20)19-12(3)15-6-5-7-21-15/h8-9,12-13,15H,5-7H2,1-4H3,(H,19,20)/t12-,13+,15+/m1/s1. The molecule has 1 aliphatic rings. The summed E-state index contributed by atoms with van der Waals surface area (Å²) in [6, 6.07) is 3.69. The van der Waals surface area contributed by atoms with Gasteiger partial charge in [0.15, 0.2) is 6.10 Å². The number of benzene rings is 1. The van der Waals surface area contributed by atoms with Crippen LogP contribution in [0.5, 0.6) is 5.75 Å². The smallest absolute Gasteiger partial charge is 0.261 e. The lowest BCUT2D eigenvalue weighted by atomic mass is 10.1. The van der Waals surface area contributed by atoms with Crippen LogP contribution in [0.4, 0.5) is 0 Å². The van der Waals surface area contributed by atoms with Crippen LogP contribution in [0.25, 0.3) is 0 Å². The molecule has 0 saturated carbocycles. The molecule has 122 valence electrons. The molecule has 0 bridgehead atoms. The van der Waals surface area contributed by atoms with Gasteiger partial charge in [-0.3, -0.25) is 4.79 Å². The number of hydrogen-bond acceptors (Lipinski definition) is 3. The van der Waals surface area contributed by atoms with E-state index >= 15 is 0 Å². The number of carbonyl (C=O) groups excluding carboxylic acids is 1. The van der Waals surface area contributed by atoms with Crippen molar-refractivity contribution in [1.82, 2.24) is 5.32 Å². The van der Waals surface area contributed by atoms with Crippen LogP contribution in [0.2, 0.25) is 5.02 Å². The molecule has 1 amide bonds. The lowest BCUT2D eigenvalue weighted by Gasteiger charge is -2.22. The SMILES string of the molecule is Cc1cc(O[C@@H](C)C(=O)N[C@H](C)[C@@H]2CCCO2)cc(C)c1Cl. The van der Waals surface area contributed by atoms with Gasteiger partial charge >= 0.3 is 0 Å². The quantitative estimate of drug-likeness (QED) is 0.902. The number of rotatable bonds is 5. The monoisotopic (exact) mass is 325 g/mol. The molecule has 1 aliphatic heterocycles. The third-order valence-electron chi connectivity index (χ3n) is 3.98. The highest BCUT2D eigenvalue weighted by Gasteiger charge is 2.25. The Bertz CT molecular complexity index is 518. The Morgan fingerprint density at radius 1 is 1.36 bits per heavy atom. The summed E-state index contributed by atoms with van der Waals surface area (Å²) in [6.45, 7) is 8.34. The molecule has 1 heterocycles. The zero-order valence-electron chi connectivity index (χ0n) is 13.6. The molecule has 0 aliphatic carbocycles. The molecule has 0 unspecified atom stereocenters. The summed E-state index contributed by atoms with van der Waals surface area (Å²) in [5.41, 5.74) is 1.88. The molecule has 2 rings (SSSR count). The van der Waals surface area contributed by atoms with Crippen LogP contribution in [0.1, 0.15) is 37.8 Å². The van der Waals surface area contributed by atoms with E-state index in [1.807, 2.05) is 32.9 Å². The molecule has 0 radical (unpaired) electrons. The van der Waals surface area contributed by atoms with Crippen molar-refractivity contribution in [3.8, 4) is 5.75 Å². The van der Waals surface area contributed by atoms with Crippen molar-refractivity contribution < 1.29 is 14.3 Å². The van der Waals surface area contributed by atoms with Crippen LogP contribution < -0.4 is 10.1 Å². The van der Waals surface area contributed by atoms with Crippen molar-refractivity contribution in [3.05, 3.63) is 28.3 Å². The molecular formula is C17H24ClNO3. The van der Waals surface area contributed by atoms with Gasteiger partial charge in [0.25, 0.3) is 5.91 Å². The lowest BCUT2D eigenvalue weighted by Crippen LogP contribution is -2.46. The summed E-state index contributed by atoms with van der Waals surface area (Å²) < 4.78 is 11.3. The Labute approximate surface area is 137 Å². The number of amides is 1. The van der Waals surface area contributed by atoms with Crippen molar-refractivity contribution in [2.24, 2.45) is 0 Å². The van der Waals surface area contributed by atoms with E-state index in [0.717, 1.165) is 35.6 Å². The predicted molar refractivity (Wildman–Crippen MR) is 87.6 cm³/mol. The van der Waals surface area contributed by atoms with Gasteiger partial charge in [-0.2, -0.15) is 0 Å². The highest BCUT2D eigenvalue weighted by molar-refractivity contribution is 6.32. The first-order chi connectivity index (χ1) is 10.4. The van der Waals surface area contributed by atoms with Gasteiger partial charge in [-0.25, -0.2) is 0 Å². The number of ether oxygens (including phenoxy) is 2. The van der Waals surface area contributed by atoms with Gasteiger partial charge in [-0.15, -0.1) is 0 Å². The van der Waals surface area contributed by atoms with Gasteiger partial charge in [0.2, 0.25) is 0 Å². The molecule has 22 heavy (non-hydrogen) atoms. The second-order valence-electron chi connectivity index (χ2n) is 5.98. The summed E-state index contributed by atoms with van der Waals surface area (Å²) in [7, 11) is 0. The van der Waals surface area contributed by atoms with Crippen molar-refractivity contribution in [2.45, 2.75) is 58.8 Å². The first-order valence-electron chi connectivity index (χ1n) is 7.74. The average molecular weight is 326 g/mol. The van der Waals surface area contributed by atoms with E-state index in [9.17, 15) is 4.79 Å². The Balaban J connectivity index is 1.93. The summed E-state index contributed by atoms with van der Waals surface area (Å²) in [4.78, 5) is 12.2. The summed E-state index contributed by atoms with van der Waals surface area (Å²) in [5.74, 6) is 0.528. The van der Waals surface area contributed by atoms with E-state index in [4.69, 9.17) is 21.1 Å². The fraction of sp³-hybridized carbons (Fsp3) is 0.588. The first kappa shape index (κ1) is 17.1. The van der Waals surface area contributed by atoms with Crippen molar-refractivity contribution in [2.75, 3.05) is 6.61 Å². The minimum absolute atomic E-state index is 0.00487. The van der Waals surface area contributed by atoms with Crippen LogP contribution in [0, 0.1) is 13.8 Å². The zero-order chi connectivity index (χ0) is 16.3. The molecular weight excluding hydrogens is 302 g/mol. The number of aryl methyl sites for hydroxylation is 2. The Kier molecular flexibility index (Phi) is 5.70. The van der Waals surface area contributed by atoms with Gasteiger partial charge in [-0.1, -0.05) is 11.6 Å². The number of nitrogens with one attached hydrogen (secondary N) is 1. The van der Waals surface area contributed by atoms with E-state index in [2.05, 4.69) is 5.32 Å². The molecule has 4 nitrogen and oxygen atoms in total. The maximum atomic E-state index is 12.2. The largest absolute Gasteiger partial charge is 0.481 e. The molecule has 5 heteroatoms. The third-order valence-corrected chi connectivity index (χ3v) is 4.58. The van der Waals surface area contributed by atoms with Crippen LogP contribution in [-0.2, 0) is 9.53 Å². The summed E-state index contributed by atoms with van der Waals surface area (Å²) in [6.07, 6.45) is 1.59. The van der Waals surface area contributed by atoms with Gasteiger partial charge < -0.3 is 14.8 Å². The Hall–Kier alpha value is -1.26. The van der Waals surface area contributed by atoms with E-state index in [-0.39, 0.29) is 18.1 Å². The Morgan fingerprint density at radius 2 is 2.00 bits per heavy atom. The number of carbonyl (C=O) groups is 1. The highest BCUT2D eigenvalue weighted by Crippen LogP contribution is 2.26. The maximum Gasteiger partial charge on any atom is 0.261 e. The first-order valence-corrected chi connectivity index (χ1v) is 8.11. The Morgan fingerprint density at radius 3 is 2.55 bits per heavy atom. The molecule has 1 aromatic carbocycles. The molecule has 0 aromatic heterocycles. The van der Waals surface area contributed by atoms with Crippen LogP contribution in [-0.4, -0.2) is 30.8 Å². The molecule has 1 N–H and O–H groups in total. The average Bonchev–Trinajstić information content (AvgIpc) is 2.98. The normalized spacial score (nSPS) is 20.5. The van der Waals surface area contributed by atoms with E-state index in [1.54, 1.807) is 6.92 Å². The van der Waals surface area contributed by atoms with Gasteiger partial charge in [0.05, 0.1) is 12.1 Å². The molecule has 1 saturated heterocycles. The second-order valence-corrected chi connectivity index (χ2v) is 6.36. The van der Waals surface area contributed by atoms with Gasteiger partial charge in [0, 0.05) is 11.6 Å². The molecule has 1 aromatic rings. The number of halogens is 1. The van der Waals surface area contributed by atoms with E-state index < -0.39 is 6.10 Å². The summed E-state index contributed by atoms with van der Waals surface area (Å²) >= 11 is 6.14. The molecule has 3 atom stereocenters. The lowest BCUT2D eigenvalue weighted by molar-refractivity contribution is -0.128. The van der Waals surface area contributed by atoms with Crippen LogP contribution in [0.3, 0.4) is 0 Å². The number of hydrogen-bond donors (Lipinski definition) is 1. The van der Waals surface area contributed by atoms with Crippen molar-refractivity contribution >= 4 is 17.5 Å². The van der Waals surface area contributed by atoms with Crippen molar-refractivity contribution in [1.29, 1.82) is 0 Å². The molecule has 0 spiro atoms. The maximum absolute atomic E-state index is 12.2. The second kappa shape index (κ2) is 7.34. The predicted octanol–water partition coefficient (Wildman–Crippen LogP) is 3.41. The minimum atomic E-state index is -0.566. The topological polar surface area (TPSA) is 47.6 Å². The van der Waals surface area contributed by atoms with Crippen LogP contribution >= 0.6 is 11.6 Å². The van der Waals surface area contributed by atoms with E-state index in [0.29, 0.717) is 5.75 Å². The van der Waals surface area contributed by atoms with Crippen molar-refractivity contribution in [3.63, 3.8) is 0 Å². The van der Waals surface area contributed by atoms with Crippen LogP contribution in [0.15, 0.2) is 12.1 Å². The van der Waals surface area contributed by atoms with Gasteiger partial charge in [0.1, 0.15) is 5.75 Å². The zero-order valence-corrected chi connectivity index (χ0v) is 14.4. The minimum Gasteiger partial charge on any atom is -0.481 e. The fourth-order valence-corrected chi connectivity index (χ4v) is 2.77. The third kappa shape index (κ3) is 4.14.